The second kappa shape index (κ2) is 10.2. The molecule has 0 radical (unpaired) electrons. The topological polar surface area (TPSA) is 87.8 Å². The summed E-state index contributed by atoms with van der Waals surface area (Å²) >= 11 is 6.72. The number of ether oxygens (including phenoxy) is 2. The van der Waals surface area contributed by atoms with E-state index in [2.05, 4.69) is 26.1 Å². The van der Waals surface area contributed by atoms with E-state index in [1.807, 2.05) is 29.6 Å². The molecule has 150 valence electrons. The van der Waals surface area contributed by atoms with Crippen molar-refractivity contribution >= 4 is 39.7 Å². The van der Waals surface area contributed by atoms with Crippen LogP contribution in [0.15, 0.2) is 29.6 Å². The molecule has 1 saturated heterocycles. The Morgan fingerprint density at radius 2 is 2.04 bits per heavy atom. The zero-order chi connectivity index (χ0) is 19.8. The first-order valence-corrected chi connectivity index (χ1v) is 10.2. The molecular formula is C18H23N5O3S2. The van der Waals surface area contributed by atoms with E-state index in [-0.39, 0.29) is 12.3 Å². The summed E-state index contributed by atoms with van der Waals surface area (Å²) in [4.78, 5) is 18.8. The highest BCUT2D eigenvalue weighted by atomic mass is 32.1. The second-order valence-electron chi connectivity index (χ2n) is 6.10. The largest absolute Gasteiger partial charge is 0.497 e. The van der Waals surface area contributed by atoms with E-state index in [0.29, 0.717) is 24.9 Å². The number of aromatic nitrogens is 1. The van der Waals surface area contributed by atoms with Gasteiger partial charge in [0.25, 0.3) is 0 Å². The van der Waals surface area contributed by atoms with E-state index in [1.54, 1.807) is 18.4 Å². The fraction of sp³-hybridized carbons (Fsp3) is 0.389. The van der Waals surface area contributed by atoms with Gasteiger partial charge in [0, 0.05) is 25.0 Å². The Kier molecular flexibility index (Phi) is 7.40. The molecule has 3 N–H and O–H groups in total. The molecule has 1 aliphatic heterocycles. The van der Waals surface area contributed by atoms with E-state index >= 15 is 0 Å². The molecule has 1 amide bonds. The maximum absolute atomic E-state index is 12.1. The van der Waals surface area contributed by atoms with Crippen molar-refractivity contribution in [1.29, 1.82) is 0 Å². The van der Waals surface area contributed by atoms with Gasteiger partial charge < -0.3 is 19.7 Å². The molecule has 1 aromatic heterocycles. The summed E-state index contributed by atoms with van der Waals surface area (Å²) in [6.07, 6.45) is 0.189. The molecule has 28 heavy (non-hydrogen) atoms. The smallest absolute Gasteiger partial charge is 0.244 e. The predicted octanol–water partition coefficient (Wildman–Crippen LogP) is 1.23. The molecule has 0 unspecified atom stereocenters. The van der Waals surface area contributed by atoms with Gasteiger partial charge in [-0.05, 0) is 29.9 Å². The molecule has 2 aromatic rings. The molecule has 0 aliphatic carbocycles. The molecule has 0 spiro atoms. The number of hydrazine groups is 1. The summed E-state index contributed by atoms with van der Waals surface area (Å²) in [6, 6.07) is 7.66. The van der Waals surface area contributed by atoms with Crippen LogP contribution in [-0.2, 0) is 22.5 Å². The Hall–Kier alpha value is -2.43. The Morgan fingerprint density at radius 1 is 1.29 bits per heavy atom. The van der Waals surface area contributed by atoms with Gasteiger partial charge in [-0.1, -0.05) is 12.1 Å². The van der Waals surface area contributed by atoms with Gasteiger partial charge in [0.15, 0.2) is 10.2 Å². The van der Waals surface area contributed by atoms with Gasteiger partial charge in [0.1, 0.15) is 5.75 Å². The fourth-order valence-corrected chi connectivity index (χ4v) is 3.58. The Labute approximate surface area is 173 Å². The molecule has 1 aliphatic rings. The third kappa shape index (κ3) is 6.04. The third-order valence-corrected chi connectivity index (χ3v) is 5.29. The van der Waals surface area contributed by atoms with Gasteiger partial charge in [0.2, 0.25) is 5.91 Å². The fourth-order valence-electron chi connectivity index (χ4n) is 2.58. The monoisotopic (exact) mass is 421 g/mol. The maximum atomic E-state index is 12.1. The zero-order valence-corrected chi connectivity index (χ0v) is 17.2. The lowest BCUT2D eigenvalue weighted by Crippen LogP contribution is -2.47. The predicted molar refractivity (Wildman–Crippen MR) is 113 cm³/mol. The van der Waals surface area contributed by atoms with Crippen LogP contribution >= 0.6 is 23.6 Å². The Morgan fingerprint density at radius 3 is 2.75 bits per heavy atom. The number of hydrogen-bond donors (Lipinski definition) is 3. The number of thiazole rings is 1. The van der Waals surface area contributed by atoms with Gasteiger partial charge >= 0.3 is 0 Å². The van der Waals surface area contributed by atoms with Crippen LogP contribution < -0.4 is 25.8 Å². The lowest BCUT2D eigenvalue weighted by Gasteiger charge is -2.26. The number of rotatable bonds is 6. The molecule has 0 atom stereocenters. The number of thiocarbonyl (C=S) groups is 1. The minimum atomic E-state index is -0.201. The number of hydrogen-bond acceptors (Lipinski definition) is 7. The number of benzene rings is 1. The third-order valence-electron chi connectivity index (χ3n) is 4.09. The van der Waals surface area contributed by atoms with Crippen molar-refractivity contribution in [1.82, 2.24) is 21.2 Å². The van der Waals surface area contributed by atoms with E-state index in [4.69, 9.17) is 21.7 Å². The van der Waals surface area contributed by atoms with Crippen LogP contribution in [0.3, 0.4) is 0 Å². The van der Waals surface area contributed by atoms with Gasteiger partial charge in [-0.3, -0.25) is 15.6 Å². The zero-order valence-electron chi connectivity index (χ0n) is 15.6. The van der Waals surface area contributed by atoms with Crippen molar-refractivity contribution in [2.75, 3.05) is 38.3 Å². The summed E-state index contributed by atoms with van der Waals surface area (Å²) in [7, 11) is 1.63. The van der Waals surface area contributed by atoms with Crippen molar-refractivity contribution in [3.8, 4) is 5.75 Å². The molecule has 10 heteroatoms. The van der Waals surface area contributed by atoms with Crippen LogP contribution in [0.4, 0.5) is 5.13 Å². The van der Waals surface area contributed by atoms with Crippen molar-refractivity contribution < 1.29 is 14.3 Å². The number of nitrogens with zero attached hydrogens (tertiary/aromatic N) is 2. The SMILES string of the molecule is COc1ccc(CNC(=S)NNC(=O)Cc2csc(N3CCOCC3)n2)cc1. The summed E-state index contributed by atoms with van der Waals surface area (Å²) in [5.41, 5.74) is 7.09. The minimum Gasteiger partial charge on any atom is -0.497 e. The van der Waals surface area contributed by atoms with Crippen molar-refractivity contribution in [3.63, 3.8) is 0 Å². The standard InChI is InChI=1S/C18H23N5O3S2/c1-25-15-4-2-13(3-5-15)11-19-17(27)22-21-16(24)10-14-12-28-18(20-14)23-6-8-26-9-7-23/h2-5,12H,6-11H2,1H3,(H,21,24)(H2,19,22,27). The van der Waals surface area contributed by atoms with Crippen LogP contribution in [0.2, 0.25) is 0 Å². The number of methoxy groups -OCH3 is 1. The summed E-state index contributed by atoms with van der Waals surface area (Å²) in [5.74, 6) is 0.600. The Balaban J connectivity index is 1.37. The summed E-state index contributed by atoms with van der Waals surface area (Å²) < 4.78 is 10.5. The van der Waals surface area contributed by atoms with E-state index in [9.17, 15) is 4.79 Å². The first-order valence-electron chi connectivity index (χ1n) is 8.87. The molecule has 8 nitrogen and oxygen atoms in total. The molecule has 1 fully saturated rings. The minimum absolute atomic E-state index is 0.189. The van der Waals surface area contributed by atoms with Crippen LogP contribution in [-0.4, -0.2) is 49.4 Å². The highest BCUT2D eigenvalue weighted by Gasteiger charge is 2.15. The maximum Gasteiger partial charge on any atom is 0.244 e. The number of anilines is 1. The van der Waals surface area contributed by atoms with Crippen molar-refractivity contribution in [3.05, 3.63) is 40.9 Å². The van der Waals surface area contributed by atoms with Crippen molar-refractivity contribution in [2.45, 2.75) is 13.0 Å². The summed E-state index contributed by atoms with van der Waals surface area (Å²) in [6.45, 7) is 3.62. The van der Waals surface area contributed by atoms with Crippen molar-refractivity contribution in [2.24, 2.45) is 0 Å². The van der Waals surface area contributed by atoms with Gasteiger partial charge in [0.05, 0.1) is 32.4 Å². The quantitative estimate of drug-likeness (QED) is 0.474. The molecule has 0 saturated carbocycles. The number of nitrogens with one attached hydrogen (secondary N) is 3. The molecule has 0 bridgehead atoms. The lowest BCUT2D eigenvalue weighted by atomic mass is 10.2. The molecule has 1 aromatic carbocycles. The molecular weight excluding hydrogens is 398 g/mol. The first kappa shape index (κ1) is 20.3. The second-order valence-corrected chi connectivity index (χ2v) is 7.35. The van der Waals surface area contributed by atoms with Gasteiger partial charge in [-0.25, -0.2) is 4.98 Å². The van der Waals surface area contributed by atoms with Gasteiger partial charge in [-0.2, -0.15) is 0 Å². The normalized spacial score (nSPS) is 13.7. The average molecular weight is 422 g/mol. The summed E-state index contributed by atoms with van der Waals surface area (Å²) in [5, 5.41) is 6.21. The number of morpholine rings is 1. The van der Waals surface area contributed by atoms with E-state index < -0.39 is 0 Å². The average Bonchev–Trinajstić information content (AvgIpc) is 3.20. The van der Waals surface area contributed by atoms with E-state index in [1.165, 1.54) is 0 Å². The van der Waals surface area contributed by atoms with Crippen LogP contribution in [0.25, 0.3) is 0 Å². The number of carbonyl (C=O) groups excluding carboxylic acids is 1. The lowest BCUT2D eigenvalue weighted by molar-refractivity contribution is -0.121. The van der Waals surface area contributed by atoms with Crippen LogP contribution in [0.5, 0.6) is 5.75 Å². The van der Waals surface area contributed by atoms with Crippen LogP contribution in [0, 0.1) is 0 Å². The van der Waals surface area contributed by atoms with Crippen LogP contribution in [0.1, 0.15) is 11.3 Å². The number of amides is 1. The molecule has 2 heterocycles. The first-order chi connectivity index (χ1) is 13.6. The molecule has 3 rings (SSSR count). The van der Waals surface area contributed by atoms with E-state index in [0.717, 1.165) is 35.2 Å². The number of carbonyl (C=O) groups is 1. The highest BCUT2D eigenvalue weighted by Crippen LogP contribution is 2.21. The highest BCUT2D eigenvalue weighted by molar-refractivity contribution is 7.80. The Bertz CT molecular complexity index is 791. The van der Waals surface area contributed by atoms with Gasteiger partial charge in [-0.15, -0.1) is 11.3 Å².